The molecule has 0 radical (unpaired) electrons. The molecule has 1 aromatic heterocycles. The molecule has 1 amide bonds. The van der Waals surface area contributed by atoms with Crippen LogP contribution in [-0.4, -0.2) is 23.0 Å². The van der Waals surface area contributed by atoms with Crippen molar-refractivity contribution < 1.29 is 19.1 Å². The number of benzene rings is 2. The van der Waals surface area contributed by atoms with Gasteiger partial charge in [0.25, 0.3) is 5.91 Å². The lowest BCUT2D eigenvalue weighted by molar-refractivity contribution is 0.0651. The van der Waals surface area contributed by atoms with Crippen molar-refractivity contribution in [1.29, 1.82) is 0 Å². The molecule has 6 nitrogen and oxygen atoms in total. The maximum absolute atomic E-state index is 13.1. The fourth-order valence-corrected chi connectivity index (χ4v) is 3.15. The largest absolute Gasteiger partial charge is 0.504 e. The number of hydrogen-bond donors (Lipinski definition) is 2. The number of carbonyl (C=O) groups excluding carboxylic acids is 1. The van der Waals surface area contributed by atoms with Crippen molar-refractivity contribution in [2.45, 2.75) is 12.7 Å². The third-order valence-electron chi connectivity index (χ3n) is 4.45. The molecule has 4 rings (SSSR count). The van der Waals surface area contributed by atoms with Crippen LogP contribution in [0.5, 0.6) is 11.5 Å². The molecule has 1 aliphatic heterocycles. The SMILES string of the molecule is COc1cc([C@@H]2Nc3ccccc3C(=O)N2Cc2ccco2)ccc1O. The van der Waals surface area contributed by atoms with E-state index in [1.54, 1.807) is 41.5 Å². The van der Waals surface area contributed by atoms with Gasteiger partial charge in [-0.25, -0.2) is 0 Å². The molecule has 0 bridgehead atoms. The molecule has 0 unspecified atom stereocenters. The van der Waals surface area contributed by atoms with Gasteiger partial charge in [-0.1, -0.05) is 18.2 Å². The molecular weight excluding hydrogens is 332 g/mol. The van der Waals surface area contributed by atoms with Crippen LogP contribution in [0.4, 0.5) is 5.69 Å². The topological polar surface area (TPSA) is 74.9 Å². The summed E-state index contributed by atoms with van der Waals surface area (Å²) in [5.74, 6) is 1.01. The summed E-state index contributed by atoms with van der Waals surface area (Å²) in [6.45, 7) is 0.320. The first-order valence-corrected chi connectivity index (χ1v) is 8.23. The van der Waals surface area contributed by atoms with Gasteiger partial charge in [-0.2, -0.15) is 0 Å². The number of anilines is 1. The van der Waals surface area contributed by atoms with Gasteiger partial charge in [0.05, 0.1) is 25.5 Å². The highest BCUT2D eigenvalue weighted by Gasteiger charge is 2.33. The molecule has 2 aromatic carbocycles. The minimum absolute atomic E-state index is 0.0522. The van der Waals surface area contributed by atoms with E-state index in [1.165, 1.54) is 7.11 Å². The Kier molecular flexibility index (Phi) is 4.01. The molecule has 26 heavy (non-hydrogen) atoms. The number of para-hydroxylation sites is 1. The summed E-state index contributed by atoms with van der Waals surface area (Å²) < 4.78 is 10.6. The van der Waals surface area contributed by atoms with Crippen LogP contribution < -0.4 is 10.1 Å². The molecule has 6 heteroatoms. The van der Waals surface area contributed by atoms with Crippen LogP contribution in [0.15, 0.2) is 65.3 Å². The number of ether oxygens (including phenoxy) is 1. The summed E-state index contributed by atoms with van der Waals surface area (Å²) in [5, 5.41) is 13.3. The number of nitrogens with one attached hydrogen (secondary N) is 1. The number of phenolic OH excluding ortho intramolecular Hbond substituents is 1. The van der Waals surface area contributed by atoms with Crippen molar-refractivity contribution in [2.24, 2.45) is 0 Å². The number of rotatable bonds is 4. The average molecular weight is 350 g/mol. The van der Waals surface area contributed by atoms with Gasteiger partial charge in [-0.15, -0.1) is 0 Å². The van der Waals surface area contributed by atoms with Crippen molar-refractivity contribution in [3.8, 4) is 11.5 Å². The Balaban J connectivity index is 1.78. The molecule has 2 N–H and O–H groups in total. The number of amides is 1. The van der Waals surface area contributed by atoms with E-state index in [0.717, 1.165) is 11.3 Å². The van der Waals surface area contributed by atoms with E-state index in [-0.39, 0.29) is 11.7 Å². The molecule has 3 aromatic rings. The number of phenols is 1. The highest BCUT2D eigenvalue weighted by molar-refractivity contribution is 6.01. The van der Waals surface area contributed by atoms with E-state index in [2.05, 4.69) is 5.32 Å². The van der Waals surface area contributed by atoms with E-state index in [4.69, 9.17) is 9.15 Å². The first-order chi connectivity index (χ1) is 12.7. The predicted molar refractivity (Wildman–Crippen MR) is 96.0 cm³/mol. The number of methoxy groups -OCH3 is 1. The monoisotopic (exact) mass is 350 g/mol. The maximum atomic E-state index is 13.1. The molecule has 0 saturated carbocycles. The van der Waals surface area contributed by atoms with Gasteiger partial charge in [-0.3, -0.25) is 4.79 Å². The molecule has 2 heterocycles. The lowest BCUT2D eigenvalue weighted by Crippen LogP contribution is -2.42. The average Bonchev–Trinajstić information content (AvgIpc) is 3.18. The lowest BCUT2D eigenvalue weighted by atomic mass is 10.0. The molecule has 132 valence electrons. The van der Waals surface area contributed by atoms with E-state index >= 15 is 0 Å². The molecule has 1 aliphatic rings. The number of nitrogens with zero attached hydrogens (tertiary/aromatic N) is 1. The van der Waals surface area contributed by atoms with Crippen LogP contribution in [0.3, 0.4) is 0 Å². The summed E-state index contributed by atoms with van der Waals surface area (Å²) in [4.78, 5) is 14.8. The predicted octanol–water partition coefficient (Wildman–Crippen LogP) is 3.76. The number of carbonyl (C=O) groups is 1. The summed E-state index contributed by atoms with van der Waals surface area (Å²) in [5.41, 5.74) is 2.18. The second kappa shape index (κ2) is 6.48. The molecule has 0 aliphatic carbocycles. The Hall–Kier alpha value is -3.41. The van der Waals surface area contributed by atoms with E-state index in [9.17, 15) is 9.90 Å². The zero-order chi connectivity index (χ0) is 18.1. The van der Waals surface area contributed by atoms with Crippen molar-refractivity contribution in [1.82, 2.24) is 4.90 Å². The molecule has 1 atom stereocenters. The first kappa shape index (κ1) is 16.1. The first-order valence-electron chi connectivity index (χ1n) is 8.23. The Morgan fingerprint density at radius 1 is 1.19 bits per heavy atom. The number of hydrogen-bond acceptors (Lipinski definition) is 5. The molecule has 0 fully saturated rings. The minimum atomic E-state index is -0.419. The van der Waals surface area contributed by atoms with E-state index < -0.39 is 6.17 Å². The van der Waals surface area contributed by atoms with Crippen molar-refractivity contribution in [3.05, 3.63) is 77.7 Å². The summed E-state index contributed by atoms with van der Waals surface area (Å²) in [6, 6.07) is 16.1. The highest BCUT2D eigenvalue weighted by Crippen LogP contribution is 2.37. The summed E-state index contributed by atoms with van der Waals surface area (Å²) in [7, 11) is 1.49. The smallest absolute Gasteiger partial charge is 0.258 e. The Morgan fingerprint density at radius 2 is 2.04 bits per heavy atom. The van der Waals surface area contributed by atoms with Gasteiger partial charge in [0.15, 0.2) is 11.5 Å². The van der Waals surface area contributed by atoms with Crippen molar-refractivity contribution in [2.75, 3.05) is 12.4 Å². The molecular formula is C20H18N2O4. The van der Waals surface area contributed by atoms with Crippen LogP contribution in [0.2, 0.25) is 0 Å². The summed E-state index contributed by atoms with van der Waals surface area (Å²) >= 11 is 0. The van der Waals surface area contributed by atoms with Crippen LogP contribution in [0, 0.1) is 0 Å². The number of aromatic hydroxyl groups is 1. The van der Waals surface area contributed by atoms with Gasteiger partial charge in [0.1, 0.15) is 11.9 Å². The summed E-state index contributed by atoms with van der Waals surface area (Å²) in [6.07, 6.45) is 1.17. The maximum Gasteiger partial charge on any atom is 0.258 e. The fourth-order valence-electron chi connectivity index (χ4n) is 3.15. The van der Waals surface area contributed by atoms with Crippen molar-refractivity contribution in [3.63, 3.8) is 0 Å². The fraction of sp³-hybridized carbons (Fsp3) is 0.150. The van der Waals surface area contributed by atoms with Gasteiger partial charge in [-0.05, 0) is 42.0 Å². The number of fused-ring (bicyclic) bond motifs is 1. The van der Waals surface area contributed by atoms with Crippen molar-refractivity contribution >= 4 is 11.6 Å². The second-order valence-electron chi connectivity index (χ2n) is 6.04. The Bertz CT molecular complexity index is 937. The Morgan fingerprint density at radius 3 is 2.81 bits per heavy atom. The zero-order valence-electron chi connectivity index (χ0n) is 14.2. The van der Waals surface area contributed by atoms with Gasteiger partial charge < -0.3 is 24.5 Å². The second-order valence-corrected chi connectivity index (χ2v) is 6.04. The van der Waals surface area contributed by atoms with Crippen LogP contribution in [-0.2, 0) is 6.54 Å². The third kappa shape index (κ3) is 2.75. The minimum Gasteiger partial charge on any atom is -0.504 e. The quantitative estimate of drug-likeness (QED) is 0.749. The van der Waals surface area contributed by atoms with Gasteiger partial charge in [0.2, 0.25) is 0 Å². The van der Waals surface area contributed by atoms with Crippen LogP contribution in [0.25, 0.3) is 0 Å². The van der Waals surface area contributed by atoms with E-state index in [1.807, 2.05) is 24.3 Å². The normalized spacial score (nSPS) is 16.1. The van der Waals surface area contributed by atoms with Crippen LogP contribution >= 0.6 is 0 Å². The Labute approximate surface area is 150 Å². The highest BCUT2D eigenvalue weighted by atomic mass is 16.5. The van der Waals surface area contributed by atoms with Gasteiger partial charge in [0, 0.05) is 5.69 Å². The van der Waals surface area contributed by atoms with Gasteiger partial charge >= 0.3 is 0 Å². The lowest BCUT2D eigenvalue weighted by Gasteiger charge is -2.37. The third-order valence-corrected chi connectivity index (χ3v) is 4.45. The van der Waals surface area contributed by atoms with E-state index in [0.29, 0.717) is 23.6 Å². The standard InChI is InChI=1S/C20H18N2O4/c1-25-18-11-13(8-9-17(18)23)19-21-16-7-3-2-6-15(16)20(24)22(19)12-14-5-4-10-26-14/h2-11,19,21,23H,12H2,1H3/t19-/m1/s1. The number of furan rings is 1. The zero-order valence-corrected chi connectivity index (χ0v) is 14.2. The molecule has 0 spiro atoms. The molecule has 0 saturated heterocycles. The van der Waals surface area contributed by atoms with Crippen LogP contribution in [0.1, 0.15) is 27.8 Å².